The van der Waals surface area contributed by atoms with Crippen molar-refractivity contribution in [2.24, 2.45) is 0 Å². The lowest BCUT2D eigenvalue weighted by Crippen LogP contribution is -2.28. The van der Waals surface area contributed by atoms with Crippen molar-refractivity contribution in [1.29, 1.82) is 0 Å². The van der Waals surface area contributed by atoms with Crippen LogP contribution in [0, 0.1) is 0 Å². The van der Waals surface area contributed by atoms with Gasteiger partial charge >= 0.3 is 0 Å². The van der Waals surface area contributed by atoms with Gasteiger partial charge in [0.1, 0.15) is 12.4 Å². The molecule has 6 nitrogen and oxygen atoms in total. The Morgan fingerprint density at radius 1 is 1.47 bits per heavy atom. The fourth-order valence-corrected chi connectivity index (χ4v) is 2.42. The highest BCUT2D eigenvalue weighted by Gasteiger charge is 2.23. The van der Waals surface area contributed by atoms with Gasteiger partial charge in [0.05, 0.1) is 0 Å². The van der Waals surface area contributed by atoms with E-state index in [0.29, 0.717) is 19.6 Å². The maximum Gasteiger partial charge on any atom is 0.276 e. The van der Waals surface area contributed by atoms with Crippen molar-refractivity contribution < 1.29 is 22.7 Å². The number of aliphatic hydroxyl groups excluding tert-OH is 1. The van der Waals surface area contributed by atoms with E-state index in [-0.39, 0.29) is 17.5 Å². The van der Waals surface area contributed by atoms with Crippen LogP contribution in [0.1, 0.15) is 12.2 Å². The molecule has 0 aromatic carbocycles. The molecule has 1 aromatic rings. The zero-order valence-electron chi connectivity index (χ0n) is 9.92. The third-order valence-electron chi connectivity index (χ3n) is 2.28. The Labute approximate surface area is 101 Å². The van der Waals surface area contributed by atoms with E-state index in [2.05, 4.69) is 0 Å². The first-order valence-electron chi connectivity index (χ1n) is 5.17. The number of furan rings is 1. The van der Waals surface area contributed by atoms with E-state index < -0.39 is 10.0 Å². The van der Waals surface area contributed by atoms with Crippen molar-refractivity contribution in [2.45, 2.75) is 18.1 Å². The normalized spacial score (nSPS) is 12.2. The summed E-state index contributed by atoms with van der Waals surface area (Å²) in [6.45, 7) is 0.536. The minimum absolute atomic E-state index is 0.151. The molecule has 0 aliphatic carbocycles. The lowest BCUT2D eigenvalue weighted by atomic mass is 10.5. The Balaban J connectivity index is 2.73. The number of rotatable bonds is 7. The van der Waals surface area contributed by atoms with Gasteiger partial charge in [0.25, 0.3) is 10.0 Å². The molecule has 0 radical (unpaired) electrons. The number of hydrogen-bond acceptors (Lipinski definition) is 5. The molecular formula is C10H17NO5S. The molecule has 1 aromatic heterocycles. The molecule has 0 unspecified atom stereocenters. The number of nitrogens with zero attached hydrogens (tertiary/aromatic N) is 1. The zero-order chi connectivity index (χ0) is 12.9. The molecule has 0 saturated carbocycles. The summed E-state index contributed by atoms with van der Waals surface area (Å²) in [7, 11) is -0.566. The Morgan fingerprint density at radius 2 is 2.18 bits per heavy atom. The predicted molar refractivity (Wildman–Crippen MR) is 60.9 cm³/mol. The summed E-state index contributed by atoms with van der Waals surface area (Å²) in [5, 5.41) is 8.66. The lowest BCUT2D eigenvalue weighted by molar-refractivity contribution is 0.189. The molecule has 0 atom stereocenters. The SMILES string of the molecule is COCCCN(C)S(=O)(=O)c1ccc(CO)o1. The van der Waals surface area contributed by atoms with Gasteiger partial charge in [-0.3, -0.25) is 0 Å². The molecule has 0 spiro atoms. The van der Waals surface area contributed by atoms with Crippen LogP contribution < -0.4 is 0 Å². The summed E-state index contributed by atoms with van der Waals surface area (Å²) in [6, 6.07) is 2.78. The van der Waals surface area contributed by atoms with Crippen molar-refractivity contribution >= 4 is 10.0 Å². The molecule has 7 heteroatoms. The number of methoxy groups -OCH3 is 1. The van der Waals surface area contributed by atoms with Gasteiger partial charge in [-0.2, -0.15) is 4.31 Å². The maximum atomic E-state index is 12.0. The highest BCUT2D eigenvalue weighted by Crippen LogP contribution is 2.17. The molecule has 0 saturated heterocycles. The summed E-state index contributed by atoms with van der Waals surface area (Å²) in [5.41, 5.74) is 0. The second kappa shape index (κ2) is 6.15. The van der Waals surface area contributed by atoms with Crippen LogP contribution >= 0.6 is 0 Å². The molecule has 1 heterocycles. The summed E-state index contributed by atoms with van der Waals surface area (Å²) in [6.07, 6.45) is 0.611. The van der Waals surface area contributed by atoms with Crippen molar-refractivity contribution in [3.05, 3.63) is 17.9 Å². The van der Waals surface area contributed by atoms with Crippen molar-refractivity contribution in [1.82, 2.24) is 4.31 Å². The Morgan fingerprint density at radius 3 is 2.71 bits per heavy atom. The monoisotopic (exact) mass is 263 g/mol. The first kappa shape index (κ1) is 14.2. The Hall–Kier alpha value is -0.890. The average molecular weight is 263 g/mol. The van der Waals surface area contributed by atoms with Crippen LogP contribution in [0.5, 0.6) is 0 Å². The molecule has 17 heavy (non-hydrogen) atoms. The van der Waals surface area contributed by atoms with Crippen LogP contribution in [0.15, 0.2) is 21.6 Å². The van der Waals surface area contributed by atoms with E-state index in [1.807, 2.05) is 0 Å². The van der Waals surface area contributed by atoms with Crippen LogP contribution in [0.25, 0.3) is 0 Å². The first-order chi connectivity index (χ1) is 8.02. The Kier molecular flexibility index (Phi) is 5.13. The second-order valence-electron chi connectivity index (χ2n) is 3.55. The van der Waals surface area contributed by atoms with Crippen molar-refractivity contribution in [3.63, 3.8) is 0 Å². The van der Waals surface area contributed by atoms with Gasteiger partial charge in [-0.15, -0.1) is 0 Å². The number of sulfonamides is 1. The van der Waals surface area contributed by atoms with Gasteiger partial charge in [-0.05, 0) is 18.6 Å². The van der Waals surface area contributed by atoms with Gasteiger partial charge in [0.2, 0.25) is 5.09 Å². The quantitative estimate of drug-likeness (QED) is 0.722. The number of hydrogen-bond donors (Lipinski definition) is 1. The molecule has 0 amide bonds. The minimum atomic E-state index is -3.61. The fourth-order valence-electron chi connectivity index (χ4n) is 1.29. The molecule has 0 fully saturated rings. The molecular weight excluding hydrogens is 246 g/mol. The zero-order valence-corrected chi connectivity index (χ0v) is 10.7. The topological polar surface area (TPSA) is 80.0 Å². The Bertz CT molecular complexity index is 439. The van der Waals surface area contributed by atoms with Crippen LogP contribution in [-0.4, -0.2) is 45.1 Å². The fraction of sp³-hybridized carbons (Fsp3) is 0.600. The number of ether oxygens (including phenoxy) is 1. The van der Waals surface area contributed by atoms with Crippen LogP contribution in [-0.2, 0) is 21.4 Å². The summed E-state index contributed by atoms with van der Waals surface area (Å²) in [5.74, 6) is 0.230. The van der Waals surface area contributed by atoms with Crippen molar-refractivity contribution in [3.8, 4) is 0 Å². The summed E-state index contributed by atoms with van der Waals surface area (Å²) in [4.78, 5) is 0. The largest absolute Gasteiger partial charge is 0.446 e. The molecule has 0 aliphatic rings. The van der Waals surface area contributed by atoms with E-state index in [4.69, 9.17) is 14.3 Å². The van der Waals surface area contributed by atoms with Crippen molar-refractivity contribution in [2.75, 3.05) is 27.3 Å². The van der Waals surface area contributed by atoms with Gasteiger partial charge in [0.15, 0.2) is 0 Å². The highest BCUT2D eigenvalue weighted by atomic mass is 32.2. The van der Waals surface area contributed by atoms with E-state index in [1.165, 1.54) is 23.5 Å². The predicted octanol–water partition coefficient (Wildman–Crippen LogP) is 0.429. The van der Waals surface area contributed by atoms with Gasteiger partial charge in [-0.1, -0.05) is 0 Å². The molecule has 1 N–H and O–H groups in total. The van der Waals surface area contributed by atoms with Crippen LogP contribution in [0.2, 0.25) is 0 Å². The van der Waals surface area contributed by atoms with E-state index in [1.54, 1.807) is 7.11 Å². The van der Waals surface area contributed by atoms with Crippen LogP contribution in [0.3, 0.4) is 0 Å². The smallest absolute Gasteiger partial charge is 0.276 e. The molecule has 0 bridgehead atoms. The van der Waals surface area contributed by atoms with Gasteiger partial charge in [-0.25, -0.2) is 8.42 Å². The lowest BCUT2D eigenvalue weighted by Gasteiger charge is -2.14. The highest BCUT2D eigenvalue weighted by molar-refractivity contribution is 7.89. The standard InChI is InChI=1S/C10H17NO5S/c1-11(6-3-7-15-2)17(13,14)10-5-4-9(8-12)16-10/h4-5,12H,3,6-8H2,1-2H3. The van der Waals surface area contributed by atoms with Crippen LogP contribution in [0.4, 0.5) is 0 Å². The third-order valence-corrected chi connectivity index (χ3v) is 4.01. The number of aliphatic hydroxyl groups is 1. The first-order valence-corrected chi connectivity index (χ1v) is 6.61. The minimum Gasteiger partial charge on any atom is -0.446 e. The van der Waals surface area contributed by atoms with E-state index in [0.717, 1.165) is 0 Å². The van der Waals surface area contributed by atoms with E-state index >= 15 is 0 Å². The third kappa shape index (κ3) is 3.53. The second-order valence-corrected chi connectivity index (χ2v) is 5.53. The maximum absolute atomic E-state index is 12.0. The summed E-state index contributed by atoms with van der Waals surface area (Å²) >= 11 is 0. The molecule has 1 rings (SSSR count). The average Bonchev–Trinajstić information content (AvgIpc) is 2.78. The molecule has 98 valence electrons. The molecule has 0 aliphatic heterocycles. The van der Waals surface area contributed by atoms with E-state index in [9.17, 15) is 8.42 Å². The van der Waals surface area contributed by atoms with Gasteiger partial charge < -0.3 is 14.3 Å². The van der Waals surface area contributed by atoms with Gasteiger partial charge in [0, 0.05) is 27.3 Å². The summed E-state index contributed by atoms with van der Waals surface area (Å²) < 4.78 is 35.0.